The molecule has 1 aliphatic rings. The standard InChI is InChI=1S/C17H26N4O2/c1-13(2)15(16(22)21-11-9-20(3)10-12-21)19-17(23)18-14-7-5-4-6-8-14/h4-8,13,15H,9-12H2,1-3H3,(H2,18,19,23)/t15-/m0/s1. The molecule has 0 spiro atoms. The lowest BCUT2D eigenvalue weighted by molar-refractivity contribution is -0.135. The Hall–Kier alpha value is -2.08. The van der Waals surface area contributed by atoms with E-state index in [4.69, 9.17) is 0 Å². The van der Waals surface area contributed by atoms with Crippen LogP contribution in [-0.2, 0) is 4.79 Å². The molecule has 0 bridgehead atoms. The number of carbonyl (C=O) groups excluding carboxylic acids is 2. The predicted octanol–water partition coefficient (Wildman–Crippen LogP) is 1.61. The Balaban J connectivity index is 1.95. The van der Waals surface area contributed by atoms with Gasteiger partial charge in [-0.3, -0.25) is 4.79 Å². The van der Waals surface area contributed by atoms with E-state index in [1.807, 2.05) is 56.1 Å². The minimum Gasteiger partial charge on any atom is -0.338 e. The van der Waals surface area contributed by atoms with E-state index in [1.165, 1.54) is 0 Å². The first-order chi connectivity index (χ1) is 11.0. The smallest absolute Gasteiger partial charge is 0.319 e. The van der Waals surface area contributed by atoms with Gasteiger partial charge in [0.1, 0.15) is 6.04 Å². The van der Waals surface area contributed by atoms with Crippen LogP contribution < -0.4 is 10.6 Å². The summed E-state index contributed by atoms with van der Waals surface area (Å²) >= 11 is 0. The molecule has 1 saturated heterocycles. The van der Waals surface area contributed by atoms with Gasteiger partial charge < -0.3 is 20.4 Å². The third kappa shape index (κ3) is 4.96. The number of piperazine rings is 1. The highest BCUT2D eigenvalue weighted by atomic mass is 16.2. The molecule has 0 aliphatic carbocycles. The minimum absolute atomic E-state index is 0.00342. The monoisotopic (exact) mass is 318 g/mol. The average molecular weight is 318 g/mol. The lowest BCUT2D eigenvalue weighted by Crippen LogP contribution is -2.56. The van der Waals surface area contributed by atoms with Gasteiger partial charge in [0.25, 0.3) is 0 Å². The maximum Gasteiger partial charge on any atom is 0.319 e. The first-order valence-corrected chi connectivity index (χ1v) is 8.07. The Morgan fingerprint density at radius 2 is 1.65 bits per heavy atom. The van der Waals surface area contributed by atoms with Crippen LogP contribution in [0.5, 0.6) is 0 Å². The number of benzene rings is 1. The summed E-state index contributed by atoms with van der Waals surface area (Å²) in [7, 11) is 2.05. The van der Waals surface area contributed by atoms with Crippen molar-refractivity contribution in [1.29, 1.82) is 0 Å². The molecule has 1 fully saturated rings. The van der Waals surface area contributed by atoms with Gasteiger partial charge in [-0.25, -0.2) is 4.79 Å². The molecule has 1 aliphatic heterocycles. The number of para-hydroxylation sites is 1. The largest absolute Gasteiger partial charge is 0.338 e. The molecule has 6 nitrogen and oxygen atoms in total. The van der Waals surface area contributed by atoms with Crippen LogP contribution >= 0.6 is 0 Å². The Morgan fingerprint density at radius 3 is 2.22 bits per heavy atom. The van der Waals surface area contributed by atoms with E-state index in [0.717, 1.165) is 13.1 Å². The number of carbonyl (C=O) groups is 2. The summed E-state index contributed by atoms with van der Waals surface area (Å²) in [6, 6.07) is 8.35. The van der Waals surface area contributed by atoms with Gasteiger partial charge in [-0.2, -0.15) is 0 Å². The van der Waals surface area contributed by atoms with Crippen molar-refractivity contribution in [2.24, 2.45) is 5.92 Å². The van der Waals surface area contributed by atoms with Crippen molar-refractivity contribution in [3.8, 4) is 0 Å². The van der Waals surface area contributed by atoms with Gasteiger partial charge in [0.2, 0.25) is 5.91 Å². The second-order valence-electron chi connectivity index (χ2n) is 6.31. The number of urea groups is 1. The lowest BCUT2D eigenvalue weighted by atomic mass is 10.0. The SMILES string of the molecule is CC(C)[C@H](NC(=O)Nc1ccccc1)C(=O)N1CCN(C)CC1. The van der Waals surface area contributed by atoms with Gasteiger partial charge in [0.05, 0.1) is 0 Å². The quantitative estimate of drug-likeness (QED) is 0.886. The van der Waals surface area contributed by atoms with Crippen LogP contribution in [0.3, 0.4) is 0 Å². The molecule has 126 valence electrons. The zero-order valence-corrected chi connectivity index (χ0v) is 14.1. The highest BCUT2D eigenvalue weighted by Gasteiger charge is 2.30. The number of rotatable bonds is 4. The van der Waals surface area contributed by atoms with Gasteiger partial charge in [0, 0.05) is 31.9 Å². The van der Waals surface area contributed by atoms with Gasteiger partial charge in [-0.15, -0.1) is 0 Å². The van der Waals surface area contributed by atoms with Gasteiger partial charge in [-0.1, -0.05) is 32.0 Å². The summed E-state index contributed by atoms with van der Waals surface area (Å²) in [5.74, 6) is 0.0278. The minimum atomic E-state index is -0.512. The Morgan fingerprint density at radius 1 is 1.04 bits per heavy atom. The average Bonchev–Trinajstić information content (AvgIpc) is 2.53. The maximum atomic E-state index is 12.7. The van der Waals surface area contributed by atoms with Crippen molar-refractivity contribution in [1.82, 2.24) is 15.1 Å². The van der Waals surface area contributed by atoms with Crippen LogP contribution in [0.4, 0.5) is 10.5 Å². The van der Waals surface area contributed by atoms with Crippen molar-refractivity contribution in [2.45, 2.75) is 19.9 Å². The van der Waals surface area contributed by atoms with Crippen LogP contribution in [0.2, 0.25) is 0 Å². The van der Waals surface area contributed by atoms with E-state index in [9.17, 15) is 9.59 Å². The van der Waals surface area contributed by atoms with Crippen molar-refractivity contribution in [3.63, 3.8) is 0 Å². The summed E-state index contributed by atoms with van der Waals surface area (Å²) in [5, 5.41) is 5.58. The summed E-state index contributed by atoms with van der Waals surface area (Å²) in [4.78, 5) is 28.9. The first kappa shape index (κ1) is 17.3. The van der Waals surface area contributed by atoms with E-state index in [0.29, 0.717) is 18.8 Å². The molecule has 1 atom stereocenters. The number of anilines is 1. The molecule has 2 rings (SSSR count). The highest BCUT2D eigenvalue weighted by molar-refractivity contribution is 5.93. The predicted molar refractivity (Wildman–Crippen MR) is 91.3 cm³/mol. The third-order valence-corrected chi connectivity index (χ3v) is 4.07. The van der Waals surface area contributed by atoms with E-state index in [2.05, 4.69) is 15.5 Å². The number of nitrogens with one attached hydrogen (secondary N) is 2. The number of hydrogen-bond acceptors (Lipinski definition) is 3. The molecule has 3 amide bonds. The maximum absolute atomic E-state index is 12.7. The molecule has 0 saturated carbocycles. The van der Waals surface area contributed by atoms with Gasteiger partial charge in [0.15, 0.2) is 0 Å². The molecule has 0 unspecified atom stereocenters. The number of nitrogens with zero attached hydrogens (tertiary/aromatic N) is 2. The Bertz CT molecular complexity index is 525. The molecule has 0 aromatic heterocycles. The number of likely N-dealkylation sites (N-methyl/N-ethyl adjacent to an activating group) is 1. The second-order valence-corrected chi connectivity index (χ2v) is 6.31. The fourth-order valence-electron chi connectivity index (χ4n) is 2.57. The topological polar surface area (TPSA) is 64.7 Å². The van der Waals surface area contributed by atoms with E-state index >= 15 is 0 Å². The lowest BCUT2D eigenvalue weighted by Gasteiger charge is -2.35. The zero-order chi connectivity index (χ0) is 16.8. The van der Waals surface area contributed by atoms with E-state index in [-0.39, 0.29) is 17.9 Å². The Labute approximate surface area is 137 Å². The molecule has 1 aromatic rings. The summed E-state index contributed by atoms with van der Waals surface area (Å²) in [6.07, 6.45) is 0. The summed E-state index contributed by atoms with van der Waals surface area (Å²) in [5.41, 5.74) is 0.708. The molecule has 0 radical (unpaired) electrons. The fourth-order valence-corrected chi connectivity index (χ4v) is 2.57. The molecular weight excluding hydrogens is 292 g/mol. The van der Waals surface area contributed by atoms with Crippen LogP contribution in [0.1, 0.15) is 13.8 Å². The summed E-state index contributed by atoms with van der Waals surface area (Å²) in [6.45, 7) is 7.05. The fraction of sp³-hybridized carbons (Fsp3) is 0.529. The molecular formula is C17H26N4O2. The molecule has 2 N–H and O–H groups in total. The van der Waals surface area contributed by atoms with Crippen LogP contribution in [-0.4, -0.2) is 61.0 Å². The van der Waals surface area contributed by atoms with Crippen molar-refractivity contribution >= 4 is 17.6 Å². The normalized spacial score (nSPS) is 17.0. The first-order valence-electron chi connectivity index (χ1n) is 8.07. The van der Waals surface area contributed by atoms with Crippen LogP contribution in [0.15, 0.2) is 30.3 Å². The molecule has 6 heteroatoms. The van der Waals surface area contributed by atoms with Gasteiger partial charge >= 0.3 is 6.03 Å². The summed E-state index contributed by atoms with van der Waals surface area (Å²) < 4.78 is 0. The molecule has 1 heterocycles. The molecule has 1 aromatic carbocycles. The van der Waals surface area contributed by atoms with E-state index < -0.39 is 6.04 Å². The molecule has 23 heavy (non-hydrogen) atoms. The van der Waals surface area contributed by atoms with Crippen molar-refractivity contribution in [3.05, 3.63) is 30.3 Å². The van der Waals surface area contributed by atoms with Crippen molar-refractivity contribution in [2.75, 3.05) is 38.5 Å². The van der Waals surface area contributed by atoms with Crippen molar-refractivity contribution < 1.29 is 9.59 Å². The number of hydrogen-bond donors (Lipinski definition) is 2. The van der Waals surface area contributed by atoms with E-state index in [1.54, 1.807) is 0 Å². The highest BCUT2D eigenvalue weighted by Crippen LogP contribution is 2.10. The van der Waals surface area contributed by atoms with Gasteiger partial charge in [-0.05, 0) is 25.1 Å². The van der Waals surface area contributed by atoms with Crippen LogP contribution in [0.25, 0.3) is 0 Å². The second kappa shape index (κ2) is 7.97. The number of amides is 3. The van der Waals surface area contributed by atoms with Crippen LogP contribution in [0, 0.1) is 5.92 Å². The third-order valence-electron chi connectivity index (χ3n) is 4.07. The zero-order valence-electron chi connectivity index (χ0n) is 14.1. The Kier molecular flexibility index (Phi) is 5.98.